The van der Waals surface area contributed by atoms with Crippen LogP contribution in [0.2, 0.25) is 0 Å². The molecule has 0 N–H and O–H groups in total. The van der Waals surface area contributed by atoms with E-state index in [1.54, 1.807) is 4.68 Å². The van der Waals surface area contributed by atoms with E-state index in [0.29, 0.717) is 0 Å². The fraction of sp³-hybridized carbons (Fsp3) is 0.125. The molecule has 3 rings (SSSR count). The van der Waals surface area contributed by atoms with E-state index in [0.717, 1.165) is 16.5 Å². The van der Waals surface area contributed by atoms with Crippen LogP contribution >= 0.6 is 0 Å². The maximum Gasteiger partial charge on any atom is 0.335 e. The van der Waals surface area contributed by atoms with E-state index in [1.807, 2.05) is 60.8 Å². The van der Waals surface area contributed by atoms with E-state index in [2.05, 4.69) is 5.10 Å². The Morgan fingerprint density at radius 2 is 1.80 bits per heavy atom. The van der Waals surface area contributed by atoms with Crippen molar-refractivity contribution < 1.29 is 9.53 Å². The molecule has 0 bridgehead atoms. The lowest BCUT2D eigenvalue weighted by Gasteiger charge is -2.15. The van der Waals surface area contributed by atoms with Crippen molar-refractivity contribution in [1.29, 1.82) is 0 Å². The van der Waals surface area contributed by atoms with Crippen LogP contribution < -0.4 is 0 Å². The second-order valence-electron chi connectivity index (χ2n) is 4.50. The third kappa shape index (κ3) is 2.16. The van der Waals surface area contributed by atoms with Crippen LogP contribution in [0.25, 0.3) is 10.9 Å². The molecule has 1 aromatic heterocycles. The molecule has 4 heteroatoms. The number of hydrogen-bond acceptors (Lipinski definition) is 3. The van der Waals surface area contributed by atoms with Crippen LogP contribution in [0.3, 0.4) is 0 Å². The van der Waals surface area contributed by atoms with E-state index < -0.39 is 6.04 Å². The average molecular weight is 266 g/mol. The summed E-state index contributed by atoms with van der Waals surface area (Å²) >= 11 is 0. The van der Waals surface area contributed by atoms with E-state index in [9.17, 15) is 4.79 Å². The molecule has 1 heterocycles. The molecule has 0 radical (unpaired) electrons. The molecule has 20 heavy (non-hydrogen) atoms. The standard InChI is InChI=1S/C16H14N2O2/c1-20-16(19)15(12-7-3-2-4-8-12)18-11-13-9-5-6-10-14(13)17-18/h2-11,15H,1H3. The van der Waals surface area contributed by atoms with Gasteiger partial charge in [0, 0.05) is 11.6 Å². The molecule has 0 amide bonds. The minimum atomic E-state index is -0.561. The molecule has 0 aliphatic heterocycles. The molecule has 3 aromatic rings. The van der Waals surface area contributed by atoms with Crippen molar-refractivity contribution in [2.45, 2.75) is 6.04 Å². The highest BCUT2D eigenvalue weighted by molar-refractivity contribution is 5.81. The molecule has 0 aliphatic rings. The number of aromatic nitrogens is 2. The van der Waals surface area contributed by atoms with Gasteiger partial charge in [-0.3, -0.25) is 4.68 Å². The Kier molecular flexibility index (Phi) is 3.21. The second-order valence-corrected chi connectivity index (χ2v) is 4.50. The van der Waals surface area contributed by atoms with Gasteiger partial charge in [-0.1, -0.05) is 48.5 Å². The molecule has 0 saturated carbocycles. The smallest absolute Gasteiger partial charge is 0.335 e. The summed E-state index contributed by atoms with van der Waals surface area (Å²) in [7, 11) is 1.39. The first-order valence-electron chi connectivity index (χ1n) is 6.36. The Morgan fingerprint density at radius 3 is 2.50 bits per heavy atom. The molecule has 4 nitrogen and oxygen atoms in total. The van der Waals surface area contributed by atoms with Crippen molar-refractivity contribution in [3.8, 4) is 0 Å². The molecular weight excluding hydrogens is 252 g/mol. The van der Waals surface area contributed by atoms with Crippen molar-refractivity contribution in [3.63, 3.8) is 0 Å². The van der Waals surface area contributed by atoms with Gasteiger partial charge in [0.25, 0.3) is 0 Å². The summed E-state index contributed by atoms with van der Waals surface area (Å²) in [5.41, 5.74) is 1.71. The second kappa shape index (κ2) is 5.17. The Balaban J connectivity index is 2.12. The van der Waals surface area contributed by atoms with Gasteiger partial charge in [-0.25, -0.2) is 4.79 Å². The lowest BCUT2D eigenvalue weighted by molar-refractivity contribution is -0.143. The predicted octanol–water partition coefficient (Wildman–Crippen LogP) is 2.80. The molecule has 1 unspecified atom stereocenters. The summed E-state index contributed by atoms with van der Waals surface area (Å²) < 4.78 is 6.58. The summed E-state index contributed by atoms with van der Waals surface area (Å²) in [6, 6.07) is 16.7. The molecule has 1 atom stereocenters. The predicted molar refractivity (Wildman–Crippen MR) is 76.3 cm³/mol. The number of methoxy groups -OCH3 is 1. The fourth-order valence-corrected chi connectivity index (χ4v) is 2.26. The van der Waals surface area contributed by atoms with Gasteiger partial charge in [0.05, 0.1) is 12.6 Å². The van der Waals surface area contributed by atoms with Crippen molar-refractivity contribution in [2.75, 3.05) is 7.11 Å². The minimum absolute atomic E-state index is 0.330. The topological polar surface area (TPSA) is 44.1 Å². The summed E-state index contributed by atoms with van der Waals surface area (Å²) in [6.45, 7) is 0. The highest BCUT2D eigenvalue weighted by Crippen LogP contribution is 2.22. The summed E-state index contributed by atoms with van der Waals surface area (Å²) in [6.07, 6.45) is 1.86. The Hall–Kier alpha value is -2.62. The van der Waals surface area contributed by atoms with Crippen molar-refractivity contribution >= 4 is 16.9 Å². The quantitative estimate of drug-likeness (QED) is 0.685. The number of esters is 1. The van der Waals surface area contributed by atoms with Crippen molar-refractivity contribution in [1.82, 2.24) is 9.78 Å². The van der Waals surface area contributed by atoms with Gasteiger partial charge in [-0.05, 0) is 11.6 Å². The third-order valence-corrected chi connectivity index (χ3v) is 3.24. The van der Waals surface area contributed by atoms with Crippen LogP contribution in [0.4, 0.5) is 0 Å². The summed E-state index contributed by atoms with van der Waals surface area (Å²) in [5.74, 6) is -0.330. The van der Waals surface area contributed by atoms with Gasteiger partial charge >= 0.3 is 5.97 Å². The van der Waals surface area contributed by atoms with Gasteiger partial charge in [0.15, 0.2) is 6.04 Å². The normalized spacial score (nSPS) is 12.2. The van der Waals surface area contributed by atoms with Crippen LogP contribution in [0.15, 0.2) is 60.8 Å². The molecule has 100 valence electrons. The monoisotopic (exact) mass is 266 g/mol. The Morgan fingerprint density at radius 1 is 1.10 bits per heavy atom. The fourth-order valence-electron chi connectivity index (χ4n) is 2.26. The first-order chi connectivity index (χ1) is 9.79. The van der Waals surface area contributed by atoms with E-state index in [-0.39, 0.29) is 5.97 Å². The largest absolute Gasteiger partial charge is 0.467 e. The first kappa shape index (κ1) is 12.4. The molecule has 0 fully saturated rings. The molecule has 2 aromatic carbocycles. The van der Waals surface area contributed by atoms with E-state index in [4.69, 9.17) is 4.74 Å². The SMILES string of the molecule is COC(=O)C(c1ccccc1)n1cc2ccccc2n1. The number of carbonyl (C=O) groups excluding carboxylic acids is 1. The molecular formula is C16H14N2O2. The number of nitrogens with zero attached hydrogens (tertiary/aromatic N) is 2. The number of rotatable bonds is 3. The van der Waals surface area contributed by atoms with Gasteiger partial charge < -0.3 is 4.74 Å². The van der Waals surface area contributed by atoms with Crippen LogP contribution in [0.5, 0.6) is 0 Å². The van der Waals surface area contributed by atoms with Gasteiger partial charge in [0.1, 0.15) is 0 Å². The van der Waals surface area contributed by atoms with Crippen LogP contribution in [0, 0.1) is 0 Å². The van der Waals surface area contributed by atoms with Crippen LogP contribution in [0.1, 0.15) is 11.6 Å². The van der Waals surface area contributed by atoms with Crippen molar-refractivity contribution in [3.05, 3.63) is 66.4 Å². The maximum absolute atomic E-state index is 12.1. The lowest BCUT2D eigenvalue weighted by Crippen LogP contribution is -2.22. The number of benzene rings is 2. The van der Waals surface area contributed by atoms with E-state index in [1.165, 1.54) is 7.11 Å². The number of fused-ring (bicyclic) bond motifs is 1. The highest BCUT2D eigenvalue weighted by Gasteiger charge is 2.24. The summed E-state index contributed by atoms with van der Waals surface area (Å²) in [5, 5.41) is 5.47. The van der Waals surface area contributed by atoms with Gasteiger partial charge in [0.2, 0.25) is 0 Å². The van der Waals surface area contributed by atoms with Gasteiger partial charge in [-0.2, -0.15) is 5.10 Å². The number of carbonyl (C=O) groups is 1. The zero-order chi connectivity index (χ0) is 13.9. The molecule has 0 saturated heterocycles. The Labute approximate surface area is 116 Å². The maximum atomic E-state index is 12.1. The average Bonchev–Trinajstić information content (AvgIpc) is 2.91. The van der Waals surface area contributed by atoms with Crippen molar-refractivity contribution in [2.24, 2.45) is 0 Å². The number of hydrogen-bond donors (Lipinski definition) is 0. The first-order valence-corrected chi connectivity index (χ1v) is 6.36. The summed E-state index contributed by atoms with van der Waals surface area (Å²) in [4.78, 5) is 12.1. The van der Waals surface area contributed by atoms with Gasteiger partial charge in [-0.15, -0.1) is 0 Å². The minimum Gasteiger partial charge on any atom is -0.467 e. The highest BCUT2D eigenvalue weighted by atomic mass is 16.5. The molecule has 0 aliphatic carbocycles. The lowest BCUT2D eigenvalue weighted by atomic mass is 10.1. The third-order valence-electron chi connectivity index (χ3n) is 3.24. The van der Waals surface area contributed by atoms with E-state index >= 15 is 0 Å². The van der Waals surface area contributed by atoms with Crippen LogP contribution in [-0.2, 0) is 9.53 Å². The molecule has 0 spiro atoms. The zero-order valence-electron chi connectivity index (χ0n) is 11.1. The number of ether oxygens (including phenoxy) is 1. The van der Waals surface area contributed by atoms with Crippen LogP contribution in [-0.4, -0.2) is 22.9 Å². The Bertz CT molecular complexity index is 701. The zero-order valence-corrected chi connectivity index (χ0v) is 11.1.